The van der Waals surface area contributed by atoms with Crippen molar-refractivity contribution in [3.05, 3.63) is 29.3 Å². The van der Waals surface area contributed by atoms with E-state index in [2.05, 4.69) is 45.9 Å². The molecule has 0 spiro atoms. The molecule has 0 heterocycles. The Bertz CT molecular complexity index is 315. The molecule has 0 aliphatic rings. The number of methoxy groups -OCH3 is 1. The van der Waals surface area contributed by atoms with Gasteiger partial charge in [0.2, 0.25) is 0 Å². The van der Waals surface area contributed by atoms with Gasteiger partial charge in [0.15, 0.2) is 0 Å². The van der Waals surface area contributed by atoms with E-state index in [0.717, 1.165) is 11.7 Å². The van der Waals surface area contributed by atoms with E-state index in [0.29, 0.717) is 5.92 Å². The van der Waals surface area contributed by atoms with Gasteiger partial charge in [0, 0.05) is 0 Å². The minimum Gasteiger partial charge on any atom is -0.496 e. The molecule has 1 aromatic carbocycles. The van der Waals surface area contributed by atoms with Gasteiger partial charge in [-0.2, -0.15) is 0 Å². The van der Waals surface area contributed by atoms with Crippen LogP contribution in [0.1, 0.15) is 44.2 Å². The van der Waals surface area contributed by atoms with Crippen molar-refractivity contribution in [3.63, 3.8) is 0 Å². The van der Waals surface area contributed by atoms with Crippen molar-refractivity contribution in [3.8, 4) is 5.75 Å². The van der Waals surface area contributed by atoms with Gasteiger partial charge in [-0.25, -0.2) is 0 Å². The van der Waals surface area contributed by atoms with E-state index in [9.17, 15) is 0 Å². The molecule has 0 amide bonds. The zero-order valence-corrected chi connectivity index (χ0v) is 10.5. The van der Waals surface area contributed by atoms with Crippen LogP contribution in [-0.4, -0.2) is 7.11 Å². The van der Waals surface area contributed by atoms with E-state index in [1.807, 2.05) is 0 Å². The zero-order chi connectivity index (χ0) is 11.4. The first-order chi connectivity index (χ1) is 7.04. The van der Waals surface area contributed by atoms with E-state index in [1.54, 1.807) is 7.11 Å². The van der Waals surface area contributed by atoms with Crippen LogP contribution in [0, 0.1) is 12.8 Å². The van der Waals surface area contributed by atoms with Gasteiger partial charge in [-0.3, -0.25) is 0 Å². The maximum atomic E-state index is 5.40. The van der Waals surface area contributed by atoms with E-state index in [-0.39, 0.29) is 0 Å². The number of ether oxygens (including phenoxy) is 1. The lowest BCUT2D eigenvalue weighted by Crippen LogP contribution is -2.01. The molecule has 1 rings (SSSR count). The van der Waals surface area contributed by atoms with Crippen LogP contribution in [-0.2, 0) is 0 Å². The van der Waals surface area contributed by atoms with E-state index in [1.165, 1.54) is 17.5 Å². The van der Waals surface area contributed by atoms with Gasteiger partial charge in [-0.05, 0) is 36.8 Å². The molecule has 0 aliphatic heterocycles. The number of hydrogen-bond acceptors (Lipinski definition) is 1. The van der Waals surface area contributed by atoms with Crippen molar-refractivity contribution in [1.29, 1.82) is 0 Å². The topological polar surface area (TPSA) is 9.23 Å². The van der Waals surface area contributed by atoms with Crippen LogP contribution in [0.5, 0.6) is 5.75 Å². The average Bonchev–Trinajstić information content (AvgIpc) is 2.16. The van der Waals surface area contributed by atoms with Crippen LogP contribution in [0.15, 0.2) is 18.2 Å². The summed E-state index contributed by atoms with van der Waals surface area (Å²) in [6.07, 6.45) is 1.21. The summed E-state index contributed by atoms with van der Waals surface area (Å²) in [4.78, 5) is 0. The first-order valence-corrected chi connectivity index (χ1v) is 5.69. The summed E-state index contributed by atoms with van der Waals surface area (Å²) >= 11 is 0. The summed E-state index contributed by atoms with van der Waals surface area (Å²) in [5, 5.41) is 0. The molecule has 1 aromatic rings. The summed E-state index contributed by atoms with van der Waals surface area (Å²) in [5.41, 5.74) is 2.65. The molecular weight excluding hydrogens is 184 g/mol. The Labute approximate surface area is 93.5 Å². The van der Waals surface area contributed by atoms with Crippen LogP contribution in [0.2, 0.25) is 0 Å². The lowest BCUT2D eigenvalue weighted by molar-refractivity contribution is 0.401. The highest BCUT2D eigenvalue weighted by Crippen LogP contribution is 2.31. The third-order valence-corrected chi connectivity index (χ3v) is 2.74. The van der Waals surface area contributed by atoms with Crippen LogP contribution in [0.4, 0.5) is 0 Å². The lowest BCUT2D eigenvalue weighted by Gasteiger charge is -2.18. The van der Waals surface area contributed by atoms with Gasteiger partial charge in [-0.15, -0.1) is 0 Å². The number of aryl methyl sites for hydroxylation is 1. The van der Waals surface area contributed by atoms with E-state index < -0.39 is 0 Å². The first kappa shape index (κ1) is 12.1. The summed E-state index contributed by atoms with van der Waals surface area (Å²) in [6.45, 7) is 8.93. The highest BCUT2D eigenvalue weighted by atomic mass is 16.5. The van der Waals surface area contributed by atoms with Crippen molar-refractivity contribution >= 4 is 0 Å². The molecule has 0 saturated carbocycles. The second-order valence-electron chi connectivity index (χ2n) is 4.78. The molecule has 15 heavy (non-hydrogen) atoms. The molecule has 84 valence electrons. The van der Waals surface area contributed by atoms with Gasteiger partial charge in [0.25, 0.3) is 0 Å². The molecule has 1 unspecified atom stereocenters. The monoisotopic (exact) mass is 206 g/mol. The van der Waals surface area contributed by atoms with Crippen LogP contribution in [0.3, 0.4) is 0 Å². The third-order valence-electron chi connectivity index (χ3n) is 2.74. The fraction of sp³-hybridized carbons (Fsp3) is 0.571. The van der Waals surface area contributed by atoms with Crippen molar-refractivity contribution in [1.82, 2.24) is 0 Å². The van der Waals surface area contributed by atoms with Crippen LogP contribution >= 0.6 is 0 Å². The number of benzene rings is 1. The smallest absolute Gasteiger partial charge is 0.122 e. The maximum absolute atomic E-state index is 5.40. The van der Waals surface area contributed by atoms with Gasteiger partial charge in [-0.1, -0.05) is 38.5 Å². The molecule has 1 heteroatoms. The van der Waals surface area contributed by atoms with Gasteiger partial charge >= 0.3 is 0 Å². The number of rotatable bonds is 4. The summed E-state index contributed by atoms with van der Waals surface area (Å²) in [7, 11) is 1.75. The summed E-state index contributed by atoms with van der Waals surface area (Å²) in [6, 6.07) is 6.41. The molecule has 0 aliphatic carbocycles. The van der Waals surface area contributed by atoms with Gasteiger partial charge in [0.05, 0.1) is 7.11 Å². The summed E-state index contributed by atoms with van der Waals surface area (Å²) in [5.74, 6) is 2.32. The Morgan fingerprint density at radius 2 is 1.87 bits per heavy atom. The van der Waals surface area contributed by atoms with E-state index >= 15 is 0 Å². The molecule has 1 nitrogen and oxygen atoms in total. The van der Waals surface area contributed by atoms with Crippen LogP contribution in [0.25, 0.3) is 0 Å². The normalized spacial score (nSPS) is 12.9. The van der Waals surface area contributed by atoms with Crippen LogP contribution < -0.4 is 4.74 Å². The highest BCUT2D eigenvalue weighted by Gasteiger charge is 2.12. The molecule has 1 atom stereocenters. The predicted molar refractivity (Wildman–Crippen MR) is 65.6 cm³/mol. The molecule has 0 radical (unpaired) electrons. The Balaban J connectivity index is 2.94. The van der Waals surface area contributed by atoms with E-state index in [4.69, 9.17) is 4.74 Å². The molecule has 0 saturated heterocycles. The Hall–Kier alpha value is -0.980. The van der Waals surface area contributed by atoms with Crippen molar-refractivity contribution in [2.24, 2.45) is 5.92 Å². The summed E-state index contributed by atoms with van der Waals surface area (Å²) < 4.78 is 5.40. The lowest BCUT2D eigenvalue weighted by atomic mass is 9.90. The Morgan fingerprint density at radius 1 is 1.20 bits per heavy atom. The van der Waals surface area contributed by atoms with Gasteiger partial charge < -0.3 is 4.74 Å². The molecule has 0 bridgehead atoms. The zero-order valence-electron chi connectivity index (χ0n) is 10.5. The fourth-order valence-electron chi connectivity index (χ4n) is 2.07. The predicted octanol–water partition coefficient (Wildman–Crippen LogP) is 4.15. The first-order valence-electron chi connectivity index (χ1n) is 5.69. The largest absolute Gasteiger partial charge is 0.496 e. The SMILES string of the molecule is COc1ccc(C)cc1C(C)CC(C)C. The van der Waals surface area contributed by atoms with Crippen molar-refractivity contribution in [2.75, 3.05) is 7.11 Å². The molecule has 0 N–H and O–H groups in total. The maximum Gasteiger partial charge on any atom is 0.122 e. The Kier molecular flexibility index (Phi) is 4.19. The Morgan fingerprint density at radius 3 is 2.40 bits per heavy atom. The van der Waals surface area contributed by atoms with Crippen molar-refractivity contribution in [2.45, 2.75) is 40.0 Å². The second-order valence-corrected chi connectivity index (χ2v) is 4.78. The molecular formula is C14H22O. The standard InChI is InChI=1S/C14H22O/c1-10(2)8-12(4)13-9-11(3)6-7-14(13)15-5/h6-7,9-10,12H,8H2,1-5H3. The quantitative estimate of drug-likeness (QED) is 0.719. The minimum atomic E-state index is 0.569. The third kappa shape index (κ3) is 3.26. The van der Waals surface area contributed by atoms with Gasteiger partial charge in [0.1, 0.15) is 5.75 Å². The minimum absolute atomic E-state index is 0.569. The average molecular weight is 206 g/mol. The molecule has 0 aromatic heterocycles. The second kappa shape index (κ2) is 5.20. The highest BCUT2D eigenvalue weighted by molar-refractivity contribution is 5.39. The fourth-order valence-corrected chi connectivity index (χ4v) is 2.07. The number of hydrogen-bond donors (Lipinski definition) is 0. The van der Waals surface area contributed by atoms with Crippen molar-refractivity contribution < 1.29 is 4.74 Å². The molecule has 0 fully saturated rings.